The molecule has 4 aromatic rings. The monoisotopic (exact) mass is 317 g/mol. The summed E-state index contributed by atoms with van der Waals surface area (Å²) in [6.07, 6.45) is 0. The van der Waals surface area contributed by atoms with E-state index in [1.165, 1.54) is 0 Å². The zero-order valence-electron chi connectivity index (χ0n) is 12.4. The lowest BCUT2D eigenvalue weighted by atomic mass is 10.0. The lowest BCUT2D eigenvalue weighted by Gasteiger charge is -2.06. The summed E-state index contributed by atoms with van der Waals surface area (Å²) in [6, 6.07) is 21.9. The summed E-state index contributed by atoms with van der Waals surface area (Å²) in [7, 11) is 0. The number of hydrogen-bond acceptors (Lipinski definition) is 4. The Balaban J connectivity index is 1.96. The summed E-state index contributed by atoms with van der Waals surface area (Å²) in [6.45, 7) is 0. The van der Waals surface area contributed by atoms with Crippen LogP contribution < -0.4 is 11.5 Å². The molecule has 4 rings (SSSR count). The number of fused-ring (bicyclic) bond motifs is 1. The molecule has 1 heterocycles. The molecule has 0 spiro atoms. The van der Waals surface area contributed by atoms with Gasteiger partial charge in [-0.15, -0.1) is 11.3 Å². The second kappa shape index (κ2) is 5.41. The smallest absolute Gasteiger partial charge is 0.126 e. The van der Waals surface area contributed by atoms with Gasteiger partial charge in [0.2, 0.25) is 0 Å². The van der Waals surface area contributed by atoms with E-state index >= 15 is 0 Å². The van der Waals surface area contributed by atoms with Crippen LogP contribution in [0.4, 0.5) is 11.4 Å². The van der Waals surface area contributed by atoms with Crippen LogP contribution in [0.5, 0.6) is 0 Å². The van der Waals surface area contributed by atoms with Crippen molar-refractivity contribution in [1.29, 1.82) is 0 Å². The third-order valence-corrected chi connectivity index (χ3v) is 4.92. The van der Waals surface area contributed by atoms with Gasteiger partial charge in [0, 0.05) is 28.1 Å². The molecule has 0 aliphatic carbocycles. The average Bonchev–Trinajstić information content (AvgIpc) is 3.00. The molecule has 23 heavy (non-hydrogen) atoms. The van der Waals surface area contributed by atoms with Crippen LogP contribution in [0.15, 0.2) is 66.7 Å². The summed E-state index contributed by atoms with van der Waals surface area (Å²) in [5.74, 6) is 0. The Hall–Kier alpha value is -2.85. The Morgan fingerprint density at radius 1 is 0.652 bits per heavy atom. The molecule has 112 valence electrons. The highest BCUT2D eigenvalue weighted by Gasteiger charge is 2.13. The number of nitrogen functional groups attached to an aromatic ring is 2. The van der Waals surface area contributed by atoms with Crippen molar-refractivity contribution in [2.75, 3.05) is 11.5 Å². The topological polar surface area (TPSA) is 64.9 Å². The highest BCUT2D eigenvalue weighted by Crippen LogP contribution is 2.38. The first-order valence-electron chi connectivity index (χ1n) is 7.33. The zero-order chi connectivity index (χ0) is 15.8. The number of benzene rings is 3. The molecule has 0 atom stereocenters. The molecular formula is C19H15N3S. The molecule has 0 bridgehead atoms. The van der Waals surface area contributed by atoms with Crippen molar-refractivity contribution in [1.82, 2.24) is 4.98 Å². The second-order valence-corrected chi connectivity index (χ2v) is 6.38. The van der Waals surface area contributed by atoms with E-state index in [1.807, 2.05) is 54.6 Å². The van der Waals surface area contributed by atoms with Crippen LogP contribution in [0.25, 0.3) is 31.9 Å². The van der Waals surface area contributed by atoms with Gasteiger partial charge in [-0.2, -0.15) is 0 Å². The minimum atomic E-state index is 0.743. The first kappa shape index (κ1) is 13.8. The summed E-state index contributed by atoms with van der Waals surface area (Å²) in [4.78, 5) is 4.84. The van der Waals surface area contributed by atoms with E-state index < -0.39 is 0 Å². The summed E-state index contributed by atoms with van der Waals surface area (Å²) in [5, 5.41) is 0.931. The third-order valence-electron chi connectivity index (χ3n) is 3.86. The summed E-state index contributed by atoms with van der Waals surface area (Å²) in [5.41, 5.74) is 17.7. The SMILES string of the molecule is Nc1ccccc1-c1nc2c(-c3ccccc3N)cccc2s1. The maximum absolute atomic E-state index is 6.14. The number of nitrogens with two attached hydrogens (primary N) is 2. The zero-order valence-corrected chi connectivity index (χ0v) is 13.2. The van der Waals surface area contributed by atoms with E-state index in [1.54, 1.807) is 11.3 Å². The number of rotatable bonds is 2. The van der Waals surface area contributed by atoms with Gasteiger partial charge >= 0.3 is 0 Å². The molecule has 0 radical (unpaired) electrons. The van der Waals surface area contributed by atoms with Gasteiger partial charge in [0.25, 0.3) is 0 Å². The van der Waals surface area contributed by atoms with Gasteiger partial charge in [-0.05, 0) is 24.3 Å². The van der Waals surface area contributed by atoms with Crippen molar-refractivity contribution >= 4 is 32.9 Å². The summed E-state index contributed by atoms with van der Waals surface area (Å²) >= 11 is 1.65. The number of anilines is 2. The maximum Gasteiger partial charge on any atom is 0.126 e. The van der Waals surface area contributed by atoms with Crippen LogP contribution >= 0.6 is 11.3 Å². The van der Waals surface area contributed by atoms with Gasteiger partial charge in [-0.25, -0.2) is 4.98 Å². The van der Waals surface area contributed by atoms with Crippen LogP contribution in [-0.4, -0.2) is 4.98 Å². The number of nitrogens with zero attached hydrogens (tertiary/aromatic N) is 1. The highest BCUT2D eigenvalue weighted by molar-refractivity contribution is 7.21. The maximum atomic E-state index is 6.14. The van der Waals surface area contributed by atoms with Crippen molar-refractivity contribution < 1.29 is 0 Å². The lowest BCUT2D eigenvalue weighted by molar-refractivity contribution is 1.47. The minimum Gasteiger partial charge on any atom is -0.398 e. The van der Waals surface area contributed by atoms with Crippen LogP contribution in [0, 0.1) is 0 Å². The number of para-hydroxylation sites is 3. The molecule has 1 aromatic heterocycles. The van der Waals surface area contributed by atoms with Gasteiger partial charge in [0.1, 0.15) is 5.01 Å². The Morgan fingerprint density at radius 2 is 1.26 bits per heavy atom. The van der Waals surface area contributed by atoms with E-state index in [9.17, 15) is 0 Å². The lowest BCUT2D eigenvalue weighted by Crippen LogP contribution is -1.90. The van der Waals surface area contributed by atoms with Crippen molar-refractivity contribution in [2.24, 2.45) is 0 Å². The Morgan fingerprint density at radius 3 is 1.96 bits per heavy atom. The molecule has 4 heteroatoms. The molecular weight excluding hydrogens is 302 g/mol. The molecule has 0 saturated carbocycles. The molecule has 0 saturated heterocycles. The van der Waals surface area contributed by atoms with Crippen LogP contribution in [-0.2, 0) is 0 Å². The third kappa shape index (κ3) is 2.33. The Kier molecular flexibility index (Phi) is 3.24. The van der Waals surface area contributed by atoms with E-state index in [2.05, 4.69) is 12.1 Å². The second-order valence-electron chi connectivity index (χ2n) is 5.35. The fourth-order valence-electron chi connectivity index (χ4n) is 2.72. The van der Waals surface area contributed by atoms with Crippen molar-refractivity contribution in [3.8, 4) is 21.7 Å². The predicted molar refractivity (Wildman–Crippen MR) is 99.3 cm³/mol. The molecule has 0 amide bonds. The number of aromatic nitrogens is 1. The molecule has 4 N–H and O–H groups in total. The minimum absolute atomic E-state index is 0.743. The van der Waals surface area contributed by atoms with E-state index in [0.717, 1.165) is 43.3 Å². The first-order chi connectivity index (χ1) is 11.2. The normalized spacial score (nSPS) is 11.0. The largest absolute Gasteiger partial charge is 0.398 e. The molecule has 0 aliphatic rings. The van der Waals surface area contributed by atoms with E-state index in [-0.39, 0.29) is 0 Å². The predicted octanol–water partition coefficient (Wildman–Crippen LogP) is 4.79. The van der Waals surface area contributed by atoms with Gasteiger partial charge in [0.15, 0.2) is 0 Å². The van der Waals surface area contributed by atoms with Gasteiger partial charge in [-0.3, -0.25) is 0 Å². The molecule has 0 aliphatic heterocycles. The van der Waals surface area contributed by atoms with Crippen molar-refractivity contribution in [2.45, 2.75) is 0 Å². The Labute approximate surface area is 138 Å². The van der Waals surface area contributed by atoms with Gasteiger partial charge in [0.05, 0.1) is 10.2 Å². The highest BCUT2D eigenvalue weighted by atomic mass is 32.1. The molecule has 0 unspecified atom stereocenters. The average molecular weight is 317 g/mol. The molecule has 0 fully saturated rings. The van der Waals surface area contributed by atoms with Gasteiger partial charge in [-0.1, -0.05) is 42.5 Å². The summed E-state index contributed by atoms with van der Waals surface area (Å²) < 4.78 is 1.13. The molecule has 3 nitrogen and oxygen atoms in total. The van der Waals surface area contributed by atoms with E-state index in [0.29, 0.717) is 0 Å². The quantitative estimate of drug-likeness (QED) is 0.522. The fraction of sp³-hybridized carbons (Fsp3) is 0. The van der Waals surface area contributed by atoms with Crippen molar-refractivity contribution in [3.05, 3.63) is 66.7 Å². The Bertz CT molecular complexity index is 1000. The van der Waals surface area contributed by atoms with Gasteiger partial charge < -0.3 is 11.5 Å². The number of hydrogen-bond donors (Lipinski definition) is 2. The van der Waals surface area contributed by atoms with Crippen LogP contribution in [0.3, 0.4) is 0 Å². The fourth-order valence-corrected chi connectivity index (χ4v) is 3.76. The van der Waals surface area contributed by atoms with Crippen LogP contribution in [0.1, 0.15) is 0 Å². The van der Waals surface area contributed by atoms with Crippen molar-refractivity contribution in [3.63, 3.8) is 0 Å². The standard InChI is InChI=1S/C19H15N3S/c20-15-9-3-1-6-12(15)13-8-5-11-17-18(13)22-19(23-17)14-7-2-4-10-16(14)21/h1-11H,20-21H2. The molecule has 3 aromatic carbocycles. The number of thiazole rings is 1. The first-order valence-corrected chi connectivity index (χ1v) is 8.15. The van der Waals surface area contributed by atoms with Crippen LogP contribution in [0.2, 0.25) is 0 Å². The van der Waals surface area contributed by atoms with E-state index in [4.69, 9.17) is 16.5 Å².